The predicted octanol–water partition coefficient (Wildman–Crippen LogP) is 3.16. The van der Waals surface area contributed by atoms with Crippen molar-refractivity contribution in [2.75, 3.05) is 19.0 Å². The van der Waals surface area contributed by atoms with Crippen molar-refractivity contribution in [2.45, 2.75) is 31.5 Å². The molecule has 1 saturated heterocycles. The van der Waals surface area contributed by atoms with E-state index in [4.69, 9.17) is 9.47 Å². The molecule has 1 aliphatic rings. The van der Waals surface area contributed by atoms with Gasteiger partial charge in [0.25, 0.3) is 0 Å². The Hall–Kier alpha value is -0.510. The van der Waals surface area contributed by atoms with Crippen molar-refractivity contribution in [1.29, 1.82) is 0 Å². The molecule has 2 rings (SSSR count). The minimum Gasteiger partial charge on any atom is -0.350 e. The minimum absolute atomic E-state index is 0.0262. The average Bonchev–Trinajstić information content (AvgIpc) is 2.74. The first kappa shape index (κ1) is 12.0. The summed E-state index contributed by atoms with van der Waals surface area (Å²) in [4.78, 5) is 1.36. The topological polar surface area (TPSA) is 18.5 Å². The van der Waals surface area contributed by atoms with Gasteiger partial charge in [0.15, 0.2) is 6.29 Å². The third kappa shape index (κ3) is 3.24. The summed E-state index contributed by atoms with van der Waals surface area (Å²) >= 11 is 1.88. The van der Waals surface area contributed by atoms with Crippen LogP contribution in [-0.4, -0.2) is 25.3 Å². The van der Waals surface area contributed by atoms with Gasteiger partial charge in [0.2, 0.25) is 0 Å². The lowest BCUT2D eigenvalue weighted by Crippen LogP contribution is -2.08. The highest BCUT2D eigenvalue weighted by molar-refractivity contribution is 7.99. The van der Waals surface area contributed by atoms with Gasteiger partial charge in [-0.2, -0.15) is 0 Å². The zero-order chi connectivity index (χ0) is 11.4. The van der Waals surface area contributed by atoms with E-state index in [9.17, 15) is 0 Å². The monoisotopic (exact) mass is 238 g/mol. The first-order chi connectivity index (χ1) is 7.75. The first-order valence-electron chi connectivity index (χ1n) is 5.69. The minimum atomic E-state index is 0.0262. The van der Waals surface area contributed by atoms with E-state index in [0.29, 0.717) is 0 Å². The van der Waals surface area contributed by atoms with Crippen LogP contribution >= 0.6 is 11.8 Å². The van der Waals surface area contributed by atoms with E-state index in [2.05, 4.69) is 32.0 Å². The molecule has 0 radical (unpaired) electrons. The highest BCUT2D eigenvalue weighted by Crippen LogP contribution is 2.25. The van der Waals surface area contributed by atoms with Crippen LogP contribution in [0.15, 0.2) is 23.1 Å². The number of aryl methyl sites for hydroxylation is 2. The van der Waals surface area contributed by atoms with E-state index in [0.717, 1.165) is 25.4 Å². The summed E-state index contributed by atoms with van der Waals surface area (Å²) in [5.74, 6) is 1.05. The summed E-state index contributed by atoms with van der Waals surface area (Å²) in [5, 5.41) is 0. The highest BCUT2D eigenvalue weighted by Gasteiger charge is 2.15. The van der Waals surface area contributed by atoms with Gasteiger partial charge < -0.3 is 9.47 Å². The molecule has 2 nitrogen and oxygen atoms in total. The van der Waals surface area contributed by atoms with Crippen LogP contribution < -0.4 is 0 Å². The molecule has 3 heteroatoms. The molecule has 0 aliphatic carbocycles. The van der Waals surface area contributed by atoms with Crippen LogP contribution in [0.25, 0.3) is 0 Å². The second kappa shape index (κ2) is 5.71. The summed E-state index contributed by atoms with van der Waals surface area (Å²) in [6, 6.07) is 6.59. The van der Waals surface area contributed by atoms with E-state index in [1.54, 1.807) is 0 Å². The molecule has 0 atom stereocenters. The fraction of sp³-hybridized carbons (Fsp3) is 0.538. The maximum absolute atomic E-state index is 5.40. The quantitative estimate of drug-likeness (QED) is 0.751. The molecule has 0 unspecified atom stereocenters. The second-order valence-corrected chi connectivity index (χ2v) is 5.21. The Morgan fingerprint density at radius 2 is 2.00 bits per heavy atom. The largest absolute Gasteiger partial charge is 0.350 e. The van der Waals surface area contributed by atoms with Gasteiger partial charge in [0.1, 0.15) is 0 Å². The molecule has 1 aromatic carbocycles. The molecule has 1 heterocycles. The van der Waals surface area contributed by atoms with Gasteiger partial charge >= 0.3 is 0 Å². The maximum Gasteiger partial charge on any atom is 0.158 e. The third-order valence-electron chi connectivity index (χ3n) is 2.63. The van der Waals surface area contributed by atoms with Crippen molar-refractivity contribution >= 4 is 11.8 Å². The number of benzene rings is 1. The normalized spacial score (nSPS) is 16.9. The van der Waals surface area contributed by atoms with Gasteiger partial charge in [-0.3, -0.25) is 0 Å². The molecule has 0 aromatic heterocycles. The van der Waals surface area contributed by atoms with Gasteiger partial charge in [0.05, 0.1) is 13.2 Å². The van der Waals surface area contributed by atoms with Crippen molar-refractivity contribution in [1.82, 2.24) is 0 Å². The fourth-order valence-electron chi connectivity index (χ4n) is 1.80. The molecule has 1 aromatic rings. The smallest absolute Gasteiger partial charge is 0.158 e. The van der Waals surface area contributed by atoms with E-state index < -0.39 is 0 Å². The van der Waals surface area contributed by atoms with E-state index in [1.807, 2.05) is 11.8 Å². The van der Waals surface area contributed by atoms with Crippen LogP contribution in [0.1, 0.15) is 17.5 Å². The Kier molecular flexibility index (Phi) is 4.27. The van der Waals surface area contributed by atoms with Crippen LogP contribution in [0, 0.1) is 13.8 Å². The molecular weight excluding hydrogens is 220 g/mol. The van der Waals surface area contributed by atoms with Crippen LogP contribution in [0.4, 0.5) is 0 Å². The maximum atomic E-state index is 5.40. The molecule has 0 bridgehead atoms. The number of thioether (sulfide) groups is 1. The Bertz CT molecular complexity index is 346. The SMILES string of the molecule is Cc1ccc(SCCC2OCCO2)c(C)c1. The Morgan fingerprint density at radius 1 is 1.25 bits per heavy atom. The molecular formula is C13H18O2S. The van der Waals surface area contributed by atoms with Gasteiger partial charge in [-0.15, -0.1) is 11.8 Å². The number of rotatable bonds is 4. The highest BCUT2D eigenvalue weighted by atomic mass is 32.2. The van der Waals surface area contributed by atoms with Crippen molar-refractivity contribution in [2.24, 2.45) is 0 Å². The molecule has 0 N–H and O–H groups in total. The molecule has 0 amide bonds. The van der Waals surface area contributed by atoms with Crippen molar-refractivity contribution < 1.29 is 9.47 Å². The Balaban J connectivity index is 1.80. The second-order valence-electron chi connectivity index (χ2n) is 4.08. The van der Waals surface area contributed by atoms with Crippen LogP contribution in [0.5, 0.6) is 0 Å². The third-order valence-corrected chi connectivity index (χ3v) is 3.84. The summed E-state index contributed by atoms with van der Waals surface area (Å²) in [5.41, 5.74) is 2.68. The van der Waals surface area contributed by atoms with Crippen molar-refractivity contribution in [3.63, 3.8) is 0 Å². The molecule has 0 saturated carbocycles. The standard InChI is InChI=1S/C13H18O2S/c1-10-3-4-12(11(2)9-10)16-8-5-13-14-6-7-15-13/h3-4,9,13H,5-8H2,1-2H3. The molecule has 16 heavy (non-hydrogen) atoms. The molecule has 1 aliphatic heterocycles. The zero-order valence-corrected chi connectivity index (χ0v) is 10.7. The predicted molar refractivity (Wildman–Crippen MR) is 66.9 cm³/mol. The molecule has 0 spiro atoms. The zero-order valence-electron chi connectivity index (χ0n) is 9.86. The van der Waals surface area contributed by atoms with E-state index in [1.165, 1.54) is 16.0 Å². The summed E-state index contributed by atoms with van der Waals surface area (Å²) in [7, 11) is 0. The van der Waals surface area contributed by atoms with Crippen LogP contribution in [0.3, 0.4) is 0 Å². The number of ether oxygens (including phenoxy) is 2. The van der Waals surface area contributed by atoms with Gasteiger partial charge in [-0.05, 0) is 25.5 Å². The van der Waals surface area contributed by atoms with E-state index in [-0.39, 0.29) is 6.29 Å². The van der Waals surface area contributed by atoms with Gasteiger partial charge in [0, 0.05) is 17.1 Å². The number of hydrogen-bond donors (Lipinski definition) is 0. The summed E-state index contributed by atoms with van der Waals surface area (Å²) < 4.78 is 10.8. The van der Waals surface area contributed by atoms with Crippen LogP contribution in [0.2, 0.25) is 0 Å². The van der Waals surface area contributed by atoms with Gasteiger partial charge in [-0.1, -0.05) is 17.7 Å². The Morgan fingerprint density at radius 3 is 2.69 bits per heavy atom. The average molecular weight is 238 g/mol. The fourth-order valence-corrected chi connectivity index (χ4v) is 2.78. The summed E-state index contributed by atoms with van der Waals surface area (Å²) in [6.45, 7) is 5.79. The lowest BCUT2D eigenvalue weighted by Gasteiger charge is -2.09. The Labute approximate surface area is 101 Å². The number of hydrogen-bond acceptors (Lipinski definition) is 3. The van der Waals surface area contributed by atoms with Gasteiger partial charge in [-0.25, -0.2) is 0 Å². The molecule has 88 valence electrons. The van der Waals surface area contributed by atoms with Crippen molar-refractivity contribution in [3.8, 4) is 0 Å². The van der Waals surface area contributed by atoms with Crippen molar-refractivity contribution in [3.05, 3.63) is 29.3 Å². The lowest BCUT2D eigenvalue weighted by atomic mass is 10.2. The lowest BCUT2D eigenvalue weighted by molar-refractivity contribution is -0.0421. The first-order valence-corrected chi connectivity index (χ1v) is 6.67. The molecule has 1 fully saturated rings. The van der Waals surface area contributed by atoms with Crippen LogP contribution in [-0.2, 0) is 9.47 Å². The van der Waals surface area contributed by atoms with E-state index >= 15 is 0 Å². The summed E-state index contributed by atoms with van der Waals surface area (Å²) in [6.07, 6.45) is 0.996.